The minimum Gasteiger partial charge on any atom is -0.466 e. The number of hydrogen-bond acceptors (Lipinski definition) is 17. The Morgan fingerprint density at radius 2 is 1.53 bits per heavy atom. The first-order valence-electron chi connectivity index (χ1n) is 20.9. The highest BCUT2D eigenvalue weighted by atomic mass is 16.7. The summed E-state index contributed by atoms with van der Waals surface area (Å²) in [5.74, 6) is -8.33. The smallest absolute Gasteiger partial charge is 0.331 e. The molecule has 0 unspecified atom stereocenters. The minimum atomic E-state index is -2.46. The molecule has 6 bridgehead atoms. The zero-order valence-corrected chi connectivity index (χ0v) is 37.1. The van der Waals surface area contributed by atoms with Crippen molar-refractivity contribution in [1.29, 1.82) is 0 Å². The van der Waals surface area contributed by atoms with Gasteiger partial charge in [0.25, 0.3) is 0 Å². The van der Waals surface area contributed by atoms with Gasteiger partial charge in [-0.1, -0.05) is 63.6 Å². The van der Waals surface area contributed by atoms with Gasteiger partial charge in [0.05, 0.1) is 62.7 Å². The van der Waals surface area contributed by atoms with Gasteiger partial charge >= 0.3 is 29.8 Å². The molecule has 4 aliphatic heterocycles. The van der Waals surface area contributed by atoms with Crippen molar-refractivity contribution in [2.45, 2.75) is 166 Å². The van der Waals surface area contributed by atoms with Crippen LogP contribution in [0.25, 0.3) is 0 Å². The molecule has 0 aromatic rings. The third kappa shape index (κ3) is 12.5. The Morgan fingerprint density at radius 1 is 0.855 bits per heavy atom. The highest BCUT2D eigenvalue weighted by Crippen LogP contribution is 2.50. The van der Waals surface area contributed by atoms with Crippen LogP contribution < -0.4 is 0 Å². The van der Waals surface area contributed by atoms with Gasteiger partial charge in [-0.3, -0.25) is 9.59 Å². The van der Waals surface area contributed by atoms with Crippen LogP contribution in [0.2, 0.25) is 0 Å². The molecule has 11 atom stereocenters. The molecule has 0 amide bonds. The van der Waals surface area contributed by atoms with Gasteiger partial charge in [0.2, 0.25) is 5.79 Å². The van der Waals surface area contributed by atoms with Gasteiger partial charge < -0.3 is 58.3 Å². The molecule has 3 fully saturated rings. The van der Waals surface area contributed by atoms with E-state index in [-0.39, 0.29) is 50.5 Å². The maximum atomic E-state index is 13.4. The molecule has 4 heterocycles. The monoisotopic (exact) mass is 876 g/mol. The Labute approximate surface area is 362 Å². The number of aliphatic hydroxyl groups excluding tert-OH is 2. The standard InChI is InChI=1S/C45H64O17/c1-10-11-12-13-37(49)60-41-29(20-39(51)56-9)19-32-23-35(26(2)46)59-40(52)22-30(48)21-33-24-36(57-27(3)47)43(6,7)44(53,61-33)25-34-17-28(18-38(50)55-8)16-31(58-34)14-15-42(4,5)45(41,54)62-32/h10-15,18,20,26,30-36,41,46,48,53-54H,16-17,19,21-25H2,1-9H3/b11-10+,13-12+,15-14+,28-18+,29-20+/t26-,30-,31+,32+,33-,34+,35-,36+,41+,44+,45-/m1/s1. The van der Waals surface area contributed by atoms with E-state index in [9.17, 15) is 44.4 Å². The summed E-state index contributed by atoms with van der Waals surface area (Å²) in [5, 5.41) is 47.4. The molecule has 4 N–H and O–H groups in total. The molecule has 4 aliphatic rings. The molecule has 0 aromatic heterocycles. The molecular weight excluding hydrogens is 812 g/mol. The second kappa shape index (κ2) is 21.0. The number of cyclic esters (lactones) is 1. The first-order valence-corrected chi connectivity index (χ1v) is 20.9. The van der Waals surface area contributed by atoms with Gasteiger partial charge in [-0.05, 0) is 38.7 Å². The molecule has 17 heteroatoms. The van der Waals surface area contributed by atoms with Crippen LogP contribution in [0.5, 0.6) is 0 Å². The maximum Gasteiger partial charge on any atom is 0.331 e. The van der Waals surface area contributed by atoms with Crippen molar-refractivity contribution in [3.8, 4) is 0 Å². The number of esters is 5. The molecule has 0 radical (unpaired) electrons. The Bertz CT molecular complexity index is 1790. The van der Waals surface area contributed by atoms with E-state index in [1.54, 1.807) is 58.9 Å². The summed E-state index contributed by atoms with van der Waals surface area (Å²) in [6, 6.07) is 0. The van der Waals surface area contributed by atoms with Crippen molar-refractivity contribution in [2.75, 3.05) is 14.2 Å². The average molecular weight is 877 g/mol. The van der Waals surface area contributed by atoms with Crippen molar-refractivity contribution < 1.29 is 82.3 Å². The third-order valence-corrected chi connectivity index (χ3v) is 12.0. The fourth-order valence-corrected chi connectivity index (χ4v) is 8.34. The Morgan fingerprint density at radius 3 is 2.16 bits per heavy atom. The second-order valence-corrected chi connectivity index (χ2v) is 17.6. The number of carbonyl (C=O) groups excluding carboxylic acids is 5. The number of ether oxygens (including phenoxy) is 8. The number of fused-ring (bicyclic) bond motifs is 6. The summed E-state index contributed by atoms with van der Waals surface area (Å²) in [5.41, 5.74) is -2.06. The van der Waals surface area contributed by atoms with Crippen molar-refractivity contribution in [3.05, 3.63) is 59.8 Å². The molecule has 0 aromatic carbocycles. The summed E-state index contributed by atoms with van der Waals surface area (Å²) in [6.45, 7) is 10.9. The molecule has 4 rings (SSSR count). The topological polar surface area (TPSA) is 240 Å². The minimum absolute atomic E-state index is 0.0719. The van der Waals surface area contributed by atoms with E-state index in [1.807, 2.05) is 0 Å². The van der Waals surface area contributed by atoms with Crippen LogP contribution in [0.3, 0.4) is 0 Å². The van der Waals surface area contributed by atoms with Crippen LogP contribution in [0, 0.1) is 10.8 Å². The lowest BCUT2D eigenvalue weighted by Gasteiger charge is -2.53. The molecule has 62 heavy (non-hydrogen) atoms. The average Bonchev–Trinajstić information content (AvgIpc) is 3.16. The first kappa shape index (κ1) is 50.4. The van der Waals surface area contributed by atoms with Gasteiger partial charge in [-0.25, -0.2) is 14.4 Å². The largest absolute Gasteiger partial charge is 0.466 e. The molecule has 0 aliphatic carbocycles. The summed E-state index contributed by atoms with van der Waals surface area (Å²) in [7, 11) is 2.40. The third-order valence-electron chi connectivity index (χ3n) is 12.0. The molecular formula is C45H64O17. The highest BCUT2D eigenvalue weighted by Gasteiger charge is 2.59. The fourth-order valence-electron chi connectivity index (χ4n) is 8.34. The van der Waals surface area contributed by atoms with Gasteiger partial charge in [0, 0.05) is 56.3 Å². The van der Waals surface area contributed by atoms with Crippen molar-refractivity contribution >= 4 is 29.8 Å². The molecule has 346 valence electrons. The van der Waals surface area contributed by atoms with Crippen LogP contribution >= 0.6 is 0 Å². The second-order valence-electron chi connectivity index (χ2n) is 17.6. The summed E-state index contributed by atoms with van der Waals surface area (Å²) in [4.78, 5) is 64.4. The van der Waals surface area contributed by atoms with Crippen LogP contribution in [-0.2, 0) is 61.9 Å². The fraction of sp³-hybridized carbons (Fsp3) is 0.667. The summed E-state index contributed by atoms with van der Waals surface area (Å²) >= 11 is 0. The van der Waals surface area contributed by atoms with E-state index in [1.165, 1.54) is 33.1 Å². The quantitative estimate of drug-likeness (QED) is 0.0941. The Balaban J connectivity index is 1.90. The predicted octanol–water partition coefficient (Wildman–Crippen LogP) is 3.50. The number of aliphatic hydroxyl groups is 4. The van der Waals surface area contributed by atoms with E-state index in [0.717, 1.165) is 19.3 Å². The first-order chi connectivity index (χ1) is 28.9. The predicted molar refractivity (Wildman–Crippen MR) is 219 cm³/mol. The van der Waals surface area contributed by atoms with Gasteiger partial charge in [0.1, 0.15) is 12.2 Å². The van der Waals surface area contributed by atoms with Crippen molar-refractivity contribution in [2.24, 2.45) is 10.8 Å². The molecule has 0 saturated carbocycles. The van der Waals surface area contributed by atoms with Crippen LogP contribution in [0.4, 0.5) is 0 Å². The van der Waals surface area contributed by atoms with Gasteiger partial charge in [0.15, 0.2) is 11.9 Å². The number of rotatable bonds is 7. The summed E-state index contributed by atoms with van der Waals surface area (Å²) < 4.78 is 46.5. The number of methoxy groups -OCH3 is 2. The van der Waals surface area contributed by atoms with Crippen LogP contribution in [0.15, 0.2) is 59.8 Å². The number of allylic oxidation sites excluding steroid dienone is 3. The van der Waals surface area contributed by atoms with Gasteiger partial charge in [-0.2, -0.15) is 0 Å². The zero-order valence-electron chi connectivity index (χ0n) is 37.1. The van der Waals surface area contributed by atoms with E-state index in [4.69, 9.17) is 37.9 Å². The zero-order chi connectivity index (χ0) is 46.2. The normalized spacial score (nSPS) is 36.6. The van der Waals surface area contributed by atoms with E-state index < -0.39 is 114 Å². The van der Waals surface area contributed by atoms with Crippen molar-refractivity contribution in [1.82, 2.24) is 0 Å². The SMILES string of the molecule is C/C=C/C=C/C(=O)O[C@H]1/C(=C/C(=O)OC)C[C@H]2C[C@H]([C@@H](C)O)OC(=O)C[C@H](O)C[C@@H]3C[C@H](OC(C)=O)C(C)(C)[C@](O)(C[C@@H]4C/C(=C/C(=O)OC)C[C@H](/C=C/C(C)(C)[C@]1(O)O2)O4)O3. The molecule has 0 spiro atoms. The Kier molecular flexibility index (Phi) is 17.0. The number of hydrogen-bond donors (Lipinski definition) is 4. The summed E-state index contributed by atoms with van der Waals surface area (Å²) in [6.07, 6.45) is 0.501. The van der Waals surface area contributed by atoms with Gasteiger partial charge in [-0.15, -0.1) is 0 Å². The lowest BCUT2D eigenvalue weighted by atomic mass is 9.70. The highest BCUT2D eigenvalue weighted by molar-refractivity contribution is 5.85. The van der Waals surface area contributed by atoms with Crippen LogP contribution in [-0.4, -0.2) is 131 Å². The van der Waals surface area contributed by atoms with Crippen molar-refractivity contribution in [3.63, 3.8) is 0 Å². The number of carbonyl (C=O) groups is 5. The molecule has 17 nitrogen and oxygen atoms in total. The van der Waals surface area contributed by atoms with E-state index >= 15 is 0 Å². The van der Waals surface area contributed by atoms with E-state index in [0.29, 0.717) is 5.57 Å². The van der Waals surface area contributed by atoms with E-state index in [2.05, 4.69) is 0 Å². The maximum absolute atomic E-state index is 13.4. The molecule has 3 saturated heterocycles. The van der Waals surface area contributed by atoms with Crippen LogP contribution in [0.1, 0.15) is 99.8 Å². The lowest BCUT2D eigenvalue weighted by Crippen LogP contribution is -2.62. The Hall–Kier alpha value is -4.23. The lowest BCUT2D eigenvalue weighted by molar-refractivity contribution is -0.348.